The Kier molecular flexibility index (Phi) is 16.8. The molecule has 17 heteroatoms. The van der Waals surface area contributed by atoms with Gasteiger partial charge in [-0.3, -0.25) is 29.3 Å². The van der Waals surface area contributed by atoms with Crippen LogP contribution in [0.3, 0.4) is 0 Å². The highest BCUT2D eigenvalue weighted by atomic mass is 31.2. The molecule has 0 aliphatic carbocycles. The van der Waals surface area contributed by atoms with Crippen LogP contribution in [0.25, 0.3) is 11.2 Å². The molecule has 66 heavy (non-hydrogen) atoms. The van der Waals surface area contributed by atoms with E-state index in [0.29, 0.717) is 30.8 Å². The van der Waals surface area contributed by atoms with Crippen LogP contribution in [0.4, 0.5) is 5.95 Å². The van der Waals surface area contributed by atoms with E-state index in [-0.39, 0.29) is 65.7 Å². The number of H-pyrrole nitrogens is 1. The molecule has 1 unspecified atom stereocenters. The van der Waals surface area contributed by atoms with Crippen molar-refractivity contribution < 1.29 is 37.6 Å². The number of benzene rings is 3. The average Bonchev–Trinajstić information content (AvgIpc) is 3.89. The highest BCUT2D eigenvalue weighted by Gasteiger charge is 2.45. The smallest absolute Gasteiger partial charge is 0.280 e. The third-order valence-corrected chi connectivity index (χ3v) is 13.2. The summed E-state index contributed by atoms with van der Waals surface area (Å²) in [7, 11) is 1.54. The fraction of sp³-hybridized carbons (Fsp3) is 0.490. The molecule has 356 valence electrons. The average molecular weight is 928 g/mol. The van der Waals surface area contributed by atoms with Crippen LogP contribution in [-0.4, -0.2) is 93.3 Å². The van der Waals surface area contributed by atoms with Crippen molar-refractivity contribution in [1.82, 2.24) is 29.5 Å². The minimum absolute atomic E-state index is 0.00266. The summed E-state index contributed by atoms with van der Waals surface area (Å²) < 4.78 is 43.2. The van der Waals surface area contributed by atoms with Crippen molar-refractivity contribution in [3.8, 4) is 11.5 Å². The van der Waals surface area contributed by atoms with Crippen LogP contribution < -0.4 is 25.7 Å². The van der Waals surface area contributed by atoms with Gasteiger partial charge in [-0.2, -0.15) is 4.98 Å². The topological polar surface area (TPSA) is 180 Å². The van der Waals surface area contributed by atoms with Crippen molar-refractivity contribution >= 4 is 37.5 Å². The van der Waals surface area contributed by atoms with E-state index >= 15 is 0 Å². The molecule has 2 aromatic heterocycles. The lowest BCUT2D eigenvalue weighted by Gasteiger charge is -2.39. The number of hydrogen-bond donors (Lipinski definition) is 3. The van der Waals surface area contributed by atoms with Crippen LogP contribution in [0.5, 0.6) is 11.5 Å². The minimum Gasteiger partial charge on any atom is -0.497 e. The number of aromatic amines is 1. The highest BCUT2D eigenvalue weighted by molar-refractivity contribution is 7.44. The Morgan fingerprint density at radius 3 is 2.03 bits per heavy atom. The number of aromatic nitrogens is 4. The number of carbonyl (C=O) groups is 2. The molecule has 1 aliphatic rings. The summed E-state index contributed by atoms with van der Waals surface area (Å²) in [5.41, 5.74) is 0.873. The van der Waals surface area contributed by atoms with E-state index in [1.165, 1.54) is 6.33 Å². The third kappa shape index (κ3) is 12.0. The fourth-order valence-corrected chi connectivity index (χ4v) is 9.76. The largest absolute Gasteiger partial charge is 0.497 e. The van der Waals surface area contributed by atoms with Crippen molar-refractivity contribution in [2.75, 3.05) is 32.8 Å². The van der Waals surface area contributed by atoms with E-state index in [4.69, 9.17) is 28.0 Å². The van der Waals surface area contributed by atoms with Crippen LogP contribution >= 0.6 is 8.53 Å². The van der Waals surface area contributed by atoms with E-state index in [0.717, 1.165) is 16.7 Å². The monoisotopic (exact) mass is 927 g/mol. The van der Waals surface area contributed by atoms with Gasteiger partial charge in [-0.25, -0.2) is 9.65 Å². The summed E-state index contributed by atoms with van der Waals surface area (Å²) in [5.74, 6) is 0.697. The number of rotatable bonds is 21. The van der Waals surface area contributed by atoms with E-state index < -0.39 is 38.1 Å². The van der Waals surface area contributed by atoms with Gasteiger partial charge in [-0.1, -0.05) is 68.4 Å². The maximum absolute atomic E-state index is 13.3. The fourth-order valence-electron chi connectivity index (χ4n) is 7.97. The van der Waals surface area contributed by atoms with E-state index in [1.807, 2.05) is 99.6 Å². The molecule has 3 N–H and O–H groups in total. The predicted octanol–water partition coefficient (Wildman–Crippen LogP) is 8.47. The number of amides is 2. The summed E-state index contributed by atoms with van der Waals surface area (Å²) in [6.45, 7) is 18.1. The molecule has 5 aromatic rings. The van der Waals surface area contributed by atoms with Crippen LogP contribution in [-0.2, 0) is 33.7 Å². The Balaban J connectivity index is 1.42. The Morgan fingerprint density at radius 2 is 1.48 bits per heavy atom. The molecule has 3 aromatic carbocycles. The molecule has 2 amide bonds. The first kappa shape index (κ1) is 50.2. The first-order chi connectivity index (χ1) is 31.4. The van der Waals surface area contributed by atoms with Crippen molar-refractivity contribution in [3.05, 3.63) is 112 Å². The number of nitrogens with zero attached hydrogens (tertiary/aromatic N) is 4. The lowest BCUT2D eigenvalue weighted by molar-refractivity contribution is -0.122. The van der Waals surface area contributed by atoms with Crippen molar-refractivity contribution in [3.63, 3.8) is 0 Å². The number of imidazole rings is 1. The van der Waals surface area contributed by atoms with E-state index in [9.17, 15) is 14.4 Å². The van der Waals surface area contributed by atoms with Crippen LogP contribution in [0, 0.1) is 5.92 Å². The van der Waals surface area contributed by atoms with Gasteiger partial charge in [-0.05, 0) is 95.8 Å². The van der Waals surface area contributed by atoms with Gasteiger partial charge in [0, 0.05) is 36.4 Å². The number of carbonyl (C=O) groups excluding carboxylic acids is 2. The number of anilines is 1. The van der Waals surface area contributed by atoms with Gasteiger partial charge in [0.2, 0.25) is 17.8 Å². The molecular weight excluding hydrogens is 862 g/mol. The quantitative estimate of drug-likeness (QED) is 0.0364. The predicted molar refractivity (Wildman–Crippen MR) is 255 cm³/mol. The Labute approximate surface area is 389 Å². The molecule has 4 atom stereocenters. The lowest BCUT2D eigenvalue weighted by atomic mass is 9.80. The van der Waals surface area contributed by atoms with Crippen molar-refractivity contribution in [2.45, 2.75) is 123 Å². The number of ether oxygens (including phenoxy) is 4. The summed E-state index contributed by atoms with van der Waals surface area (Å²) in [6.07, 6.45) is 0.550. The van der Waals surface area contributed by atoms with Gasteiger partial charge >= 0.3 is 0 Å². The lowest BCUT2D eigenvalue weighted by Crippen LogP contribution is -2.40. The van der Waals surface area contributed by atoms with Gasteiger partial charge < -0.3 is 33.3 Å². The van der Waals surface area contributed by atoms with Gasteiger partial charge in [-0.15, -0.1) is 0 Å². The molecule has 3 heterocycles. The Bertz CT molecular complexity index is 2360. The molecular formula is C49H66N7O9P. The summed E-state index contributed by atoms with van der Waals surface area (Å²) in [6, 6.07) is 25.7. The number of methoxy groups -OCH3 is 2. The SMILES string of the molecule is COc1ccc(C(OC[C@H]2O[C@@H](n3cnc4c(=O)[nH]c(NC(=O)C(C)C)nc43)C[C@@H]2OP(OCCCC(=O)NC(C)(C)C)N(C(C)C)C(C)C)(c2ccccc2)c2ccc(OC)cc2)cc1. The zero-order valence-electron chi connectivity index (χ0n) is 40.0. The van der Waals surface area contributed by atoms with Crippen LogP contribution in [0.15, 0.2) is 90.0 Å². The second-order valence-electron chi connectivity index (χ2n) is 18.2. The van der Waals surface area contributed by atoms with E-state index in [2.05, 4.69) is 58.0 Å². The van der Waals surface area contributed by atoms with Crippen molar-refractivity contribution in [2.24, 2.45) is 5.92 Å². The second-order valence-corrected chi connectivity index (χ2v) is 19.7. The maximum atomic E-state index is 13.3. The summed E-state index contributed by atoms with van der Waals surface area (Å²) in [4.78, 5) is 50.5. The Morgan fingerprint density at radius 1 is 0.894 bits per heavy atom. The third-order valence-electron chi connectivity index (χ3n) is 11.1. The van der Waals surface area contributed by atoms with Crippen LogP contribution in [0.1, 0.15) is 104 Å². The number of hydrogen-bond acceptors (Lipinski definition) is 12. The van der Waals surface area contributed by atoms with Crippen LogP contribution in [0.2, 0.25) is 0 Å². The first-order valence-electron chi connectivity index (χ1n) is 22.5. The van der Waals surface area contributed by atoms with E-state index in [1.54, 1.807) is 32.6 Å². The second kappa shape index (κ2) is 22.1. The zero-order valence-corrected chi connectivity index (χ0v) is 40.9. The highest BCUT2D eigenvalue weighted by Crippen LogP contribution is 2.51. The first-order valence-corrected chi connectivity index (χ1v) is 23.7. The zero-order chi connectivity index (χ0) is 47.8. The number of nitrogens with one attached hydrogen (secondary N) is 3. The summed E-state index contributed by atoms with van der Waals surface area (Å²) >= 11 is 0. The van der Waals surface area contributed by atoms with Gasteiger partial charge in [0.25, 0.3) is 14.1 Å². The molecule has 0 saturated carbocycles. The number of fused-ring (bicyclic) bond motifs is 1. The standard InChI is InChI=1S/C49H66N7O9P/c1-31(2)45(58)52-47-51-44-43(46(59)53-47)50-30-55(44)42-28-39(65-66(56(32(3)4)33(5)6)63-27-15-18-41(57)54-48(7,8)9)40(64-42)29-62-49(34-16-13-12-14-17-34,35-19-23-37(60-10)24-20-35)36-21-25-38(61-11)26-22-36/h12-14,16-17,19-26,30-33,39-40,42H,15,18,27-29H2,1-11H3,(H,54,57)(H2,51,52,53,58,59)/t39-,40+,42+,66?/m0/s1. The molecule has 1 saturated heterocycles. The molecule has 0 radical (unpaired) electrons. The van der Waals surface area contributed by atoms with Gasteiger partial charge in [0.05, 0.1) is 39.9 Å². The molecule has 16 nitrogen and oxygen atoms in total. The molecule has 0 bridgehead atoms. The molecule has 1 aliphatic heterocycles. The molecule has 1 fully saturated rings. The van der Waals surface area contributed by atoms with Gasteiger partial charge in [0.15, 0.2) is 11.2 Å². The summed E-state index contributed by atoms with van der Waals surface area (Å²) in [5, 5.41) is 5.73. The minimum atomic E-state index is -1.72. The normalized spacial score (nSPS) is 17.2. The van der Waals surface area contributed by atoms with Gasteiger partial charge in [0.1, 0.15) is 29.4 Å². The molecule has 0 spiro atoms. The van der Waals surface area contributed by atoms with Crippen molar-refractivity contribution in [1.29, 1.82) is 0 Å². The Hall–Kier alpha value is -5.22. The maximum Gasteiger partial charge on any atom is 0.280 e. The molecule has 6 rings (SSSR count).